The molecule has 3 rings (SSSR count). The zero-order valence-electron chi connectivity index (χ0n) is 13.1. The Bertz CT molecular complexity index is 893. The van der Waals surface area contributed by atoms with Gasteiger partial charge in [-0.1, -0.05) is 41.4 Å². The van der Waals surface area contributed by atoms with Crippen molar-refractivity contribution in [2.75, 3.05) is 6.54 Å². The van der Waals surface area contributed by atoms with Crippen molar-refractivity contribution < 1.29 is 9.18 Å². The molecule has 0 saturated carbocycles. The van der Waals surface area contributed by atoms with Crippen LogP contribution in [0.4, 0.5) is 4.39 Å². The number of carbonyl (C=O) groups excluding carboxylic acids is 1. The van der Waals surface area contributed by atoms with E-state index in [1.54, 1.807) is 30.3 Å². The van der Waals surface area contributed by atoms with Gasteiger partial charge in [-0.25, -0.2) is 4.39 Å². The molecule has 0 unspecified atom stereocenters. The van der Waals surface area contributed by atoms with Crippen molar-refractivity contribution in [3.63, 3.8) is 0 Å². The molecule has 128 valence electrons. The van der Waals surface area contributed by atoms with Crippen LogP contribution in [0.3, 0.4) is 0 Å². The average Bonchev–Trinajstić information content (AvgIpc) is 3.07. The summed E-state index contributed by atoms with van der Waals surface area (Å²) in [6.07, 6.45) is 0.623. The van der Waals surface area contributed by atoms with E-state index in [1.165, 1.54) is 23.5 Å². The van der Waals surface area contributed by atoms with E-state index in [-0.39, 0.29) is 11.7 Å². The van der Waals surface area contributed by atoms with Crippen LogP contribution in [0.5, 0.6) is 0 Å². The zero-order chi connectivity index (χ0) is 17.8. The topological polar surface area (TPSA) is 29.1 Å². The molecule has 0 radical (unpaired) electrons. The summed E-state index contributed by atoms with van der Waals surface area (Å²) in [5.74, 6) is -0.414. The normalized spacial score (nSPS) is 10.7. The van der Waals surface area contributed by atoms with E-state index in [0.29, 0.717) is 27.9 Å². The fourth-order valence-corrected chi connectivity index (χ4v) is 3.78. The number of thiophene rings is 1. The van der Waals surface area contributed by atoms with Crippen molar-refractivity contribution in [3.05, 3.63) is 80.9 Å². The number of halogens is 3. The second-order valence-corrected chi connectivity index (χ2v) is 7.34. The van der Waals surface area contributed by atoms with Crippen molar-refractivity contribution in [1.82, 2.24) is 5.32 Å². The van der Waals surface area contributed by atoms with Crippen molar-refractivity contribution >= 4 is 40.4 Å². The van der Waals surface area contributed by atoms with Crippen LogP contribution in [-0.2, 0) is 6.42 Å². The molecule has 25 heavy (non-hydrogen) atoms. The summed E-state index contributed by atoms with van der Waals surface area (Å²) in [7, 11) is 0. The molecule has 0 atom stereocenters. The lowest BCUT2D eigenvalue weighted by atomic mass is 10.1. The van der Waals surface area contributed by atoms with E-state index in [9.17, 15) is 9.18 Å². The van der Waals surface area contributed by atoms with Gasteiger partial charge in [-0.3, -0.25) is 4.79 Å². The highest BCUT2D eigenvalue weighted by Crippen LogP contribution is 2.28. The van der Waals surface area contributed by atoms with Gasteiger partial charge in [-0.05, 0) is 53.9 Å². The summed E-state index contributed by atoms with van der Waals surface area (Å²) in [6, 6.07) is 15.2. The molecule has 2 nitrogen and oxygen atoms in total. The van der Waals surface area contributed by atoms with Gasteiger partial charge in [0.05, 0.1) is 4.88 Å². The Kier molecular flexibility index (Phi) is 5.74. The molecule has 0 bridgehead atoms. The van der Waals surface area contributed by atoms with Crippen LogP contribution >= 0.6 is 34.5 Å². The van der Waals surface area contributed by atoms with Gasteiger partial charge in [0.2, 0.25) is 0 Å². The second-order valence-electron chi connectivity index (χ2n) is 5.41. The first-order valence-electron chi connectivity index (χ1n) is 7.61. The Balaban J connectivity index is 1.59. The summed E-state index contributed by atoms with van der Waals surface area (Å²) < 4.78 is 13.0. The standard InChI is InChI=1S/C19H14Cl2FNOS/c20-14-4-1-12(16(21)11-14)9-10-23-19(24)18-8-7-17(25-18)13-2-5-15(22)6-3-13/h1-8,11H,9-10H2,(H,23,24). The molecule has 3 aromatic rings. The molecular weight excluding hydrogens is 380 g/mol. The van der Waals surface area contributed by atoms with Crippen LogP contribution in [0.25, 0.3) is 10.4 Å². The third-order valence-corrected chi connectivity index (χ3v) is 5.37. The fraction of sp³-hybridized carbons (Fsp3) is 0.105. The number of benzene rings is 2. The van der Waals surface area contributed by atoms with Crippen molar-refractivity contribution in [2.24, 2.45) is 0 Å². The van der Waals surface area contributed by atoms with Gasteiger partial charge < -0.3 is 5.32 Å². The number of carbonyl (C=O) groups is 1. The Morgan fingerprint density at radius 1 is 1.04 bits per heavy atom. The number of hydrogen-bond donors (Lipinski definition) is 1. The summed E-state index contributed by atoms with van der Waals surface area (Å²) in [5.41, 5.74) is 1.82. The van der Waals surface area contributed by atoms with Crippen molar-refractivity contribution in [1.29, 1.82) is 0 Å². The first-order valence-corrected chi connectivity index (χ1v) is 9.18. The number of nitrogens with one attached hydrogen (secondary N) is 1. The van der Waals surface area contributed by atoms with E-state index in [4.69, 9.17) is 23.2 Å². The Morgan fingerprint density at radius 3 is 2.52 bits per heavy atom. The Hall–Kier alpha value is -1.88. The maximum Gasteiger partial charge on any atom is 0.261 e. The maximum absolute atomic E-state index is 13.0. The van der Waals surface area contributed by atoms with Crippen LogP contribution in [0.1, 0.15) is 15.2 Å². The third kappa shape index (κ3) is 4.60. The monoisotopic (exact) mass is 393 g/mol. The van der Waals surface area contributed by atoms with Crippen LogP contribution in [0.2, 0.25) is 10.0 Å². The zero-order valence-corrected chi connectivity index (χ0v) is 15.4. The predicted molar refractivity (Wildman–Crippen MR) is 102 cm³/mol. The lowest BCUT2D eigenvalue weighted by Gasteiger charge is -2.06. The van der Waals surface area contributed by atoms with E-state index >= 15 is 0 Å². The van der Waals surface area contributed by atoms with Gasteiger partial charge >= 0.3 is 0 Å². The first-order chi connectivity index (χ1) is 12.0. The van der Waals surface area contributed by atoms with Crippen LogP contribution in [-0.4, -0.2) is 12.5 Å². The highest BCUT2D eigenvalue weighted by atomic mass is 35.5. The molecule has 1 amide bonds. The van der Waals surface area contributed by atoms with Gasteiger partial charge in [0.25, 0.3) is 5.91 Å². The van der Waals surface area contributed by atoms with E-state index in [0.717, 1.165) is 16.0 Å². The molecule has 0 aliphatic carbocycles. The molecular formula is C19H14Cl2FNOS. The fourth-order valence-electron chi connectivity index (χ4n) is 2.35. The maximum atomic E-state index is 13.0. The van der Waals surface area contributed by atoms with Gasteiger partial charge in [0.1, 0.15) is 5.82 Å². The lowest BCUT2D eigenvalue weighted by Crippen LogP contribution is -2.24. The smallest absolute Gasteiger partial charge is 0.261 e. The molecule has 0 aliphatic heterocycles. The van der Waals surface area contributed by atoms with Gasteiger partial charge in [0, 0.05) is 21.5 Å². The van der Waals surface area contributed by atoms with E-state index in [1.807, 2.05) is 12.1 Å². The second kappa shape index (κ2) is 8.00. The number of rotatable bonds is 5. The van der Waals surface area contributed by atoms with Crippen LogP contribution in [0.15, 0.2) is 54.6 Å². The molecule has 0 fully saturated rings. The van der Waals surface area contributed by atoms with E-state index < -0.39 is 0 Å². The number of amides is 1. The SMILES string of the molecule is O=C(NCCc1ccc(Cl)cc1Cl)c1ccc(-c2ccc(F)cc2)s1. The van der Waals surface area contributed by atoms with Crippen LogP contribution < -0.4 is 5.32 Å². The van der Waals surface area contributed by atoms with Crippen LogP contribution in [0, 0.1) is 5.82 Å². The third-order valence-electron chi connectivity index (χ3n) is 3.65. The van der Waals surface area contributed by atoms with Crippen molar-refractivity contribution in [3.8, 4) is 10.4 Å². The summed E-state index contributed by atoms with van der Waals surface area (Å²) in [6.45, 7) is 0.476. The van der Waals surface area contributed by atoms with Gasteiger partial charge in [-0.15, -0.1) is 11.3 Å². The van der Waals surface area contributed by atoms with Gasteiger partial charge in [-0.2, -0.15) is 0 Å². The lowest BCUT2D eigenvalue weighted by molar-refractivity contribution is 0.0958. The minimum absolute atomic E-state index is 0.136. The first kappa shape index (κ1) is 17.9. The molecule has 0 aliphatic rings. The molecule has 0 saturated heterocycles. The molecule has 1 aromatic heterocycles. The van der Waals surface area contributed by atoms with Gasteiger partial charge in [0.15, 0.2) is 0 Å². The molecule has 1 heterocycles. The highest BCUT2D eigenvalue weighted by molar-refractivity contribution is 7.17. The predicted octanol–water partition coefficient (Wildman–Crippen LogP) is 5.83. The average molecular weight is 394 g/mol. The Labute approximate surface area is 159 Å². The molecule has 0 spiro atoms. The highest BCUT2D eigenvalue weighted by Gasteiger charge is 2.10. The Morgan fingerprint density at radius 2 is 1.80 bits per heavy atom. The summed E-state index contributed by atoms with van der Waals surface area (Å²) in [4.78, 5) is 13.8. The molecule has 2 aromatic carbocycles. The minimum Gasteiger partial charge on any atom is -0.351 e. The number of hydrogen-bond acceptors (Lipinski definition) is 2. The van der Waals surface area contributed by atoms with E-state index in [2.05, 4.69) is 5.32 Å². The van der Waals surface area contributed by atoms with Crippen molar-refractivity contribution in [2.45, 2.75) is 6.42 Å². The summed E-state index contributed by atoms with van der Waals surface area (Å²) >= 11 is 13.4. The summed E-state index contributed by atoms with van der Waals surface area (Å²) in [5, 5.41) is 4.06. The largest absolute Gasteiger partial charge is 0.351 e. The molecule has 1 N–H and O–H groups in total. The quantitative estimate of drug-likeness (QED) is 0.579. The molecule has 6 heteroatoms. The minimum atomic E-state index is -0.279.